The number of benzene rings is 2. The molecule has 1 aliphatic heterocycles. The number of fused-ring (bicyclic) bond motifs is 1. The average molecular weight is 336 g/mol. The molecule has 1 aliphatic rings. The lowest BCUT2D eigenvalue weighted by Gasteiger charge is -2.38. The van der Waals surface area contributed by atoms with Gasteiger partial charge in [0.15, 0.2) is 0 Å². The molecule has 0 fully saturated rings. The summed E-state index contributed by atoms with van der Waals surface area (Å²) in [5.74, 6) is 0.724. The Kier molecular flexibility index (Phi) is 4.24. The highest BCUT2D eigenvalue weighted by atomic mass is 16.5. The third-order valence-corrected chi connectivity index (χ3v) is 4.05. The Morgan fingerprint density at radius 3 is 2.88 bits per heavy atom. The van der Waals surface area contributed by atoms with Gasteiger partial charge in [0.05, 0.1) is 17.7 Å². The van der Waals surface area contributed by atoms with Crippen molar-refractivity contribution in [2.75, 3.05) is 11.1 Å². The highest BCUT2D eigenvalue weighted by Crippen LogP contribution is 2.40. The van der Waals surface area contributed by atoms with Crippen LogP contribution in [0.25, 0.3) is 0 Å². The van der Waals surface area contributed by atoms with Gasteiger partial charge in [-0.1, -0.05) is 6.07 Å². The van der Waals surface area contributed by atoms with Crippen LogP contribution in [-0.4, -0.2) is 11.6 Å². The number of nitrogens with two attached hydrogens (primary N) is 1. The second kappa shape index (κ2) is 6.36. The number of amides is 2. The number of hydrogen-bond donors (Lipinski definition) is 3. The Hall–Kier alpha value is -3.20. The summed E-state index contributed by atoms with van der Waals surface area (Å²) in [4.78, 5) is 12.4. The predicted molar refractivity (Wildman–Crippen MR) is 96.2 cm³/mol. The van der Waals surface area contributed by atoms with E-state index < -0.39 is 5.60 Å². The lowest BCUT2D eigenvalue weighted by Crippen LogP contribution is -2.42. The predicted octanol–water partition coefficient (Wildman–Crippen LogP) is 3.56. The Balaban J connectivity index is 1.78. The summed E-state index contributed by atoms with van der Waals surface area (Å²) in [6.07, 6.45) is 0.620. The van der Waals surface area contributed by atoms with Crippen LogP contribution in [0.2, 0.25) is 0 Å². The summed E-state index contributed by atoms with van der Waals surface area (Å²) in [6.45, 7) is 3.96. The molecule has 0 bridgehead atoms. The van der Waals surface area contributed by atoms with Gasteiger partial charge >= 0.3 is 6.03 Å². The molecule has 0 aromatic heterocycles. The summed E-state index contributed by atoms with van der Waals surface area (Å²) in [5.41, 5.74) is 8.02. The number of nitrogens with one attached hydrogen (secondary N) is 2. The average Bonchev–Trinajstić information content (AvgIpc) is 2.55. The van der Waals surface area contributed by atoms with Crippen LogP contribution in [0.1, 0.15) is 37.4 Å². The lowest BCUT2D eigenvalue weighted by molar-refractivity contribution is 0.0683. The molecule has 1 unspecified atom stereocenters. The molecule has 128 valence electrons. The zero-order valence-electron chi connectivity index (χ0n) is 14.2. The van der Waals surface area contributed by atoms with Crippen LogP contribution in [-0.2, 0) is 0 Å². The molecule has 0 aliphatic carbocycles. The molecule has 25 heavy (non-hydrogen) atoms. The fraction of sp³-hybridized carbons (Fsp3) is 0.263. The SMILES string of the molecule is CC1(C)CC(NC(=O)Nc2cccc(C#N)c2)c2cc(N)ccc2O1. The molecule has 2 aromatic carbocycles. The molecule has 0 radical (unpaired) electrons. The first-order chi connectivity index (χ1) is 11.9. The first-order valence-corrected chi connectivity index (χ1v) is 8.02. The van der Waals surface area contributed by atoms with Crippen LogP contribution < -0.4 is 21.1 Å². The number of ether oxygens (including phenoxy) is 1. The minimum Gasteiger partial charge on any atom is -0.487 e. The first-order valence-electron chi connectivity index (χ1n) is 8.02. The maximum Gasteiger partial charge on any atom is 0.319 e. The minimum absolute atomic E-state index is 0.221. The normalized spacial score (nSPS) is 17.6. The highest BCUT2D eigenvalue weighted by Gasteiger charge is 2.34. The third-order valence-electron chi connectivity index (χ3n) is 4.05. The second-order valence-corrected chi connectivity index (χ2v) is 6.71. The van der Waals surface area contributed by atoms with E-state index in [4.69, 9.17) is 15.7 Å². The number of anilines is 2. The van der Waals surface area contributed by atoms with Gasteiger partial charge < -0.3 is 21.1 Å². The Bertz CT molecular complexity index is 855. The first kappa shape index (κ1) is 16.7. The molecule has 1 atom stereocenters. The molecule has 6 nitrogen and oxygen atoms in total. The van der Waals surface area contributed by atoms with Crippen LogP contribution in [0.3, 0.4) is 0 Å². The topological polar surface area (TPSA) is 100 Å². The Labute approximate surface area is 146 Å². The smallest absolute Gasteiger partial charge is 0.319 e. The molecule has 1 heterocycles. The fourth-order valence-electron chi connectivity index (χ4n) is 2.99. The van der Waals surface area contributed by atoms with E-state index in [0.29, 0.717) is 23.4 Å². The van der Waals surface area contributed by atoms with E-state index in [2.05, 4.69) is 10.6 Å². The summed E-state index contributed by atoms with van der Waals surface area (Å²) >= 11 is 0. The zero-order valence-corrected chi connectivity index (χ0v) is 14.2. The molecule has 0 saturated heterocycles. The minimum atomic E-state index is -0.401. The van der Waals surface area contributed by atoms with Crippen LogP contribution in [0.5, 0.6) is 5.75 Å². The number of nitriles is 1. The Morgan fingerprint density at radius 2 is 2.12 bits per heavy atom. The molecule has 3 rings (SSSR count). The van der Waals surface area contributed by atoms with E-state index in [1.165, 1.54) is 0 Å². The van der Waals surface area contributed by atoms with Gasteiger partial charge in [-0.15, -0.1) is 0 Å². The zero-order chi connectivity index (χ0) is 18.0. The van der Waals surface area contributed by atoms with Crippen LogP contribution in [0.4, 0.5) is 16.2 Å². The molecule has 0 saturated carbocycles. The van der Waals surface area contributed by atoms with E-state index >= 15 is 0 Å². The Morgan fingerprint density at radius 1 is 1.32 bits per heavy atom. The standard InChI is InChI=1S/C19H20N4O2/c1-19(2)10-16(15-9-13(21)6-7-17(15)25-19)23-18(24)22-14-5-3-4-12(8-14)11-20/h3-9,16H,10,21H2,1-2H3,(H2,22,23,24). The van der Waals surface area contributed by atoms with Crippen LogP contribution in [0.15, 0.2) is 42.5 Å². The molecule has 6 heteroatoms. The maximum atomic E-state index is 12.4. The number of carbonyl (C=O) groups is 1. The van der Waals surface area contributed by atoms with Gasteiger partial charge in [0, 0.05) is 23.4 Å². The van der Waals surface area contributed by atoms with E-state index in [-0.39, 0.29) is 12.1 Å². The summed E-state index contributed by atoms with van der Waals surface area (Å²) in [7, 11) is 0. The van der Waals surface area contributed by atoms with E-state index in [1.54, 1.807) is 30.3 Å². The van der Waals surface area contributed by atoms with Crippen molar-refractivity contribution >= 4 is 17.4 Å². The van der Waals surface area contributed by atoms with Gasteiger partial charge in [0.2, 0.25) is 0 Å². The van der Waals surface area contributed by atoms with Crippen molar-refractivity contribution < 1.29 is 9.53 Å². The lowest BCUT2D eigenvalue weighted by atomic mass is 9.89. The van der Waals surface area contributed by atoms with Gasteiger partial charge in [-0.3, -0.25) is 0 Å². The van der Waals surface area contributed by atoms with E-state index in [0.717, 1.165) is 11.3 Å². The van der Waals surface area contributed by atoms with Crippen molar-refractivity contribution in [2.45, 2.75) is 31.9 Å². The van der Waals surface area contributed by atoms with Crippen molar-refractivity contribution in [1.82, 2.24) is 5.32 Å². The van der Waals surface area contributed by atoms with Gasteiger partial charge in [0.1, 0.15) is 11.4 Å². The largest absolute Gasteiger partial charge is 0.487 e. The van der Waals surface area contributed by atoms with E-state index in [9.17, 15) is 4.79 Å². The molecular weight excluding hydrogens is 316 g/mol. The number of rotatable bonds is 2. The maximum absolute atomic E-state index is 12.4. The number of hydrogen-bond acceptors (Lipinski definition) is 4. The fourth-order valence-corrected chi connectivity index (χ4v) is 2.99. The van der Waals surface area contributed by atoms with Crippen molar-refractivity contribution in [3.63, 3.8) is 0 Å². The quantitative estimate of drug-likeness (QED) is 0.730. The van der Waals surface area contributed by atoms with Crippen molar-refractivity contribution in [3.8, 4) is 11.8 Å². The molecule has 2 amide bonds. The van der Waals surface area contributed by atoms with Crippen molar-refractivity contribution in [3.05, 3.63) is 53.6 Å². The summed E-state index contributed by atoms with van der Waals surface area (Å²) in [6, 6.07) is 13.7. The monoisotopic (exact) mass is 336 g/mol. The number of carbonyl (C=O) groups excluding carboxylic acids is 1. The molecular formula is C19H20N4O2. The molecule has 2 aromatic rings. The number of nitrogen functional groups attached to an aromatic ring is 1. The number of urea groups is 1. The van der Waals surface area contributed by atoms with Gasteiger partial charge in [-0.25, -0.2) is 4.79 Å². The van der Waals surface area contributed by atoms with Crippen LogP contribution in [0, 0.1) is 11.3 Å². The number of nitrogens with zero attached hydrogens (tertiary/aromatic N) is 1. The van der Waals surface area contributed by atoms with Crippen molar-refractivity contribution in [1.29, 1.82) is 5.26 Å². The molecule has 4 N–H and O–H groups in total. The van der Waals surface area contributed by atoms with Crippen molar-refractivity contribution in [2.24, 2.45) is 0 Å². The highest BCUT2D eigenvalue weighted by molar-refractivity contribution is 5.89. The van der Waals surface area contributed by atoms with Gasteiger partial charge in [0.25, 0.3) is 0 Å². The van der Waals surface area contributed by atoms with Gasteiger partial charge in [-0.05, 0) is 50.2 Å². The van der Waals surface area contributed by atoms with Crippen LogP contribution >= 0.6 is 0 Å². The van der Waals surface area contributed by atoms with E-state index in [1.807, 2.05) is 32.0 Å². The summed E-state index contributed by atoms with van der Waals surface area (Å²) < 4.78 is 5.97. The molecule has 0 spiro atoms. The second-order valence-electron chi connectivity index (χ2n) is 6.71. The third kappa shape index (κ3) is 3.83. The summed E-state index contributed by atoms with van der Waals surface area (Å²) in [5, 5.41) is 14.7. The van der Waals surface area contributed by atoms with Gasteiger partial charge in [-0.2, -0.15) is 5.26 Å².